The lowest BCUT2D eigenvalue weighted by atomic mass is 10.1. The van der Waals surface area contributed by atoms with Gasteiger partial charge in [-0.1, -0.05) is 11.6 Å². The third-order valence-electron chi connectivity index (χ3n) is 2.28. The van der Waals surface area contributed by atoms with Crippen molar-refractivity contribution < 1.29 is 14.6 Å². The highest BCUT2D eigenvalue weighted by Crippen LogP contribution is 2.31. The second kappa shape index (κ2) is 4.94. The predicted octanol–water partition coefficient (Wildman–Crippen LogP) is 2.37. The summed E-state index contributed by atoms with van der Waals surface area (Å²) in [5, 5.41) is 12.6. The van der Waals surface area contributed by atoms with Crippen LogP contribution in [0.1, 0.15) is 19.4 Å². The molecule has 0 atom stereocenters. The summed E-state index contributed by atoms with van der Waals surface area (Å²) in [6.07, 6.45) is 0. The molecule has 94 valence electrons. The first kappa shape index (κ1) is 13.8. The zero-order chi connectivity index (χ0) is 13.2. The van der Waals surface area contributed by atoms with E-state index in [-0.39, 0.29) is 0 Å². The van der Waals surface area contributed by atoms with Crippen molar-refractivity contribution in [3.63, 3.8) is 0 Å². The Kier molecular flexibility index (Phi) is 4.01. The normalized spacial score (nSPS) is 11.2. The van der Waals surface area contributed by atoms with Crippen molar-refractivity contribution in [2.75, 3.05) is 12.4 Å². The molecule has 4 nitrogen and oxygen atoms in total. The van der Waals surface area contributed by atoms with E-state index < -0.39 is 11.5 Å². The zero-order valence-corrected chi connectivity index (χ0v) is 11.1. The van der Waals surface area contributed by atoms with E-state index in [2.05, 4.69) is 5.32 Å². The van der Waals surface area contributed by atoms with Gasteiger partial charge in [0.2, 0.25) is 0 Å². The van der Waals surface area contributed by atoms with Crippen molar-refractivity contribution in [3.8, 4) is 5.75 Å². The van der Waals surface area contributed by atoms with Gasteiger partial charge >= 0.3 is 0 Å². The fraction of sp³-hybridized carbons (Fsp3) is 0.417. The van der Waals surface area contributed by atoms with E-state index in [4.69, 9.17) is 16.3 Å². The number of amides is 1. The second-order valence-electron chi connectivity index (χ2n) is 4.31. The van der Waals surface area contributed by atoms with Crippen LogP contribution in [0.2, 0.25) is 5.02 Å². The van der Waals surface area contributed by atoms with Gasteiger partial charge in [-0.05, 0) is 38.5 Å². The standard InChI is InChI=1S/C12H16ClNO3/c1-7-5-10(17-4)9(6-8(7)13)14-11(15)12(2,3)16/h5-6,16H,1-4H3,(H,14,15). The number of hydrogen-bond donors (Lipinski definition) is 2. The number of methoxy groups -OCH3 is 1. The van der Waals surface area contributed by atoms with E-state index in [1.165, 1.54) is 21.0 Å². The molecule has 0 aliphatic rings. The monoisotopic (exact) mass is 257 g/mol. The van der Waals surface area contributed by atoms with Crippen LogP contribution in [0, 0.1) is 6.92 Å². The molecule has 1 amide bonds. The summed E-state index contributed by atoms with van der Waals surface area (Å²) in [5.41, 5.74) is -0.164. The molecule has 0 aliphatic carbocycles. The number of nitrogens with one attached hydrogen (secondary N) is 1. The summed E-state index contributed by atoms with van der Waals surface area (Å²) >= 11 is 5.97. The molecule has 2 N–H and O–H groups in total. The maximum atomic E-state index is 11.6. The van der Waals surface area contributed by atoms with Crippen LogP contribution in [-0.2, 0) is 4.79 Å². The fourth-order valence-electron chi connectivity index (χ4n) is 1.20. The van der Waals surface area contributed by atoms with E-state index in [1.807, 2.05) is 6.92 Å². The van der Waals surface area contributed by atoms with Crippen LogP contribution in [0.3, 0.4) is 0 Å². The third kappa shape index (κ3) is 3.35. The van der Waals surface area contributed by atoms with Gasteiger partial charge in [0, 0.05) is 5.02 Å². The number of ether oxygens (including phenoxy) is 1. The van der Waals surface area contributed by atoms with Crippen molar-refractivity contribution in [2.45, 2.75) is 26.4 Å². The molecule has 17 heavy (non-hydrogen) atoms. The van der Waals surface area contributed by atoms with Gasteiger partial charge in [-0.15, -0.1) is 0 Å². The third-order valence-corrected chi connectivity index (χ3v) is 2.69. The highest BCUT2D eigenvalue weighted by atomic mass is 35.5. The second-order valence-corrected chi connectivity index (χ2v) is 4.72. The number of carbonyl (C=O) groups is 1. The molecule has 1 aromatic rings. The fourth-order valence-corrected chi connectivity index (χ4v) is 1.36. The smallest absolute Gasteiger partial charge is 0.255 e. The molecule has 1 rings (SSSR count). The van der Waals surface area contributed by atoms with E-state index in [0.29, 0.717) is 16.5 Å². The number of rotatable bonds is 3. The van der Waals surface area contributed by atoms with E-state index in [1.54, 1.807) is 12.1 Å². The van der Waals surface area contributed by atoms with Crippen LogP contribution in [0.5, 0.6) is 5.75 Å². The summed E-state index contributed by atoms with van der Waals surface area (Å²) in [7, 11) is 1.50. The highest BCUT2D eigenvalue weighted by molar-refractivity contribution is 6.31. The Labute approximate surface area is 106 Å². The molecule has 0 radical (unpaired) electrons. The molecule has 0 aliphatic heterocycles. The molecule has 0 bridgehead atoms. The number of carbonyl (C=O) groups excluding carboxylic acids is 1. The molecular weight excluding hydrogens is 242 g/mol. The van der Waals surface area contributed by atoms with Gasteiger partial charge in [0.25, 0.3) is 5.91 Å². The van der Waals surface area contributed by atoms with E-state index >= 15 is 0 Å². The van der Waals surface area contributed by atoms with Gasteiger partial charge in [0.15, 0.2) is 0 Å². The molecular formula is C12H16ClNO3. The largest absolute Gasteiger partial charge is 0.495 e. The highest BCUT2D eigenvalue weighted by Gasteiger charge is 2.24. The topological polar surface area (TPSA) is 58.6 Å². The Hall–Kier alpha value is -1.26. The number of benzene rings is 1. The molecule has 0 fully saturated rings. The first-order valence-corrected chi connectivity index (χ1v) is 5.51. The van der Waals surface area contributed by atoms with Crippen molar-refractivity contribution in [1.29, 1.82) is 0 Å². The van der Waals surface area contributed by atoms with Gasteiger partial charge in [-0.25, -0.2) is 0 Å². The van der Waals surface area contributed by atoms with Gasteiger partial charge in [-0.3, -0.25) is 4.79 Å². The Balaban J connectivity index is 3.06. The van der Waals surface area contributed by atoms with Gasteiger partial charge in [0.1, 0.15) is 11.4 Å². The summed E-state index contributed by atoms with van der Waals surface area (Å²) in [6.45, 7) is 4.65. The Morgan fingerprint density at radius 1 is 1.47 bits per heavy atom. The number of hydrogen-bond acceptors (Lipinski definition) is 3. The molecule has 1 aromatic carbocycles. The minimum Gasteiger partial charge on any atom is -0.495 e. The number of halogens is 1. The summed E-state index contributed by atoms with van der Waals surface area (Å²) in [5.74, 6) is -0.0137. The SMILES string of the molecule is COc1cc(C)c(Cl)cc1NC(=O)C(C)(C)O. The average Bonchev–Trinajstić information content (AvgIpc) is 2.21. The lowest BCUT2D eigenvalue weighted by Crippen LogP contribution is -2.36. The van der Waals surface area contributed by atoms with Gasteiger partial charge < -0.3 is 15.2 Å². The molecule has 0 spiro atoms. The summed E-state index contributed by atoms with van der Waals surface area (Å²) in [6, 6.07) is 3.32. The van der Waals surface area contributed by atoms with Gasteiger partial charge in [-0.2, -0.15) is 0 Å². The zero-order valence-electron chi connectivity index (χ0n) is 10.3. The molecule has 0 unspecified atom stereocenters. The molecule has 0 saturated carbocycles. The molecule has 5 heteroatoms. The van der Waals surface area contributed by atoms with Crippen LogP contribution >= 0.6 is 11.6 Å². The van der Waals surface area contributed by atoms with Crippen molar-refractivity contribution in [1.82, 2.24) is 0 Å². The summed E-state index contributed by atoms with van der Waals surface area (Å²) in [4.78, 5) is 11.6. The van der Waals surface area contributed by atoms with E-state index in [0.717, 1.165) is 5.56 Å². The maximum Gasteiger partial charge on any atom is 0.255 e. The average molecular weight is 258 g/mol. The first-order chi connectivity index (χ1) is 7.75. The predicted molar refractivity (Wildman–Crippen MR) is 67.7 cm³/mol. The molecule has 0 aromatic heterocycles. The van der Waals surface area contributed by atoms with Gasteiger partial charge in [0.05, 0.1) is 12.8 Å². The lowest BCUT2D eigenvalue weighted by molar-refractivity contribution is -0.130. The van der Waals surface area contributed by atoms with Crippen LogP contribution in [-0.4, -0.2) is 23.7 Å². The Bertz CT molecular complexity index is 438. The van der Waals surface area contributed by atoms with Crippen molar-refractivity contribution in [2.24, 2.45) is 0 Å². The number of anilines is 1. The van der Waals surface area contributed by atoms with Crippen LogP contribution in [0.25, 0.3) is 0 Å². The van der Waals surface area contributed by atoms with Crippen LogP contribution in [0.4, 0.5) is 5.69 Å². The Morgan fingerprint density at radius 2 is 2.06 bits per heavy atom. The minimum atomic E-state index is -1.46. The molecule has 0 heterocycles. The summed E-state index contributed by atoms with van der Waals surface area (Å²) < 4.78 is 5.14. The first-order valence-electron chi connectivity index (χ1n) is 5.13. The Morgan fingerprint density at radius 3 is 2.53 bits per heavy atom. The quantitative estimate of drug-likeness (QED) is 0.874. The van der Waals surface area contributed by atoms with Crippen LogP contribution < -0.4 is 10.1 Å². The number of aliphatic hydroxyl groups is 1. The maximum absolute atomic E-state index is 11.6. The van der Waals surface area contributed by atoms with Crippen molar-refractivity contribution in [3.05, 3.63) is 22.7 Å². The van der Waals surface area contributed by atoms with Crippen molar-refractivity contribution >= 4 is 23.2 Å². The van der Waals surface area contributed by atoms with E-state index in [9.17, 15) is 9.90 Å². The number of aryl methyl sites for hydroxylation is 1. The lowest BCUT2D eigenvalue weighted by Gasteiger charge is -2.18. The minimum absolute atomic E-state index is 0.440. The molecule has 0 saturated heterocycles. The van der Waals surface area contributed by atoms with Crippen LogP contribution in [0.15, 0.2) is 12.1 Å².